The molecule has 0 bridgehead atoms. The van der Waals surface area contributed by atoms with Crippen LogP contribution in [-0.2, 0) is 0 Å². The predicted molar refractivity (Wildman–Crippen MR) is 108 cm³/mol. The number of nitrogens with zero attached hydrogens (tertiary/aromatic N) is 1. The lowest BCUT2D eigenvalue weighted by Gasteiger charge is -2.31. The van der Waals surface area contributed by atoms with Gasteiger partial charge in [-0.2, -0.15) is 0 Å². The van der Waals surface area contributed by atoms with Crippen molar-refractivity contribution in [2.75, 3.05) is 0 Å². The second-order valence-electron chi connectivity index (χ2n) is 7.01. The fraction of sp³-hybridized carbons (Fsp3) is 0.208. The first kappa shape index (κ1) is 16.7. The molecule has 0 spiro atoms. The van der Waals surface area contributed by atoms with E-state index in [4.69, 9.17) is 4.98 Å². The number of aryl methyl sites for hydroxylation is 1. The van der Waals surface area contributed by atoms with Gasteiger partial charge in [0.2, 0.25) is 0 Å². The molecule has 2 heterocycles. The second-order valence-corrected chi connectivity index (χ2v) is 7.01. The number of hydrogen-bond acceptors (Lipinski definition) is 2. The van der Waals surface area contributed by atoms with Crippen molar-refractivity contribution in [3.05, 3.63) is 101 Å². The zero-order valence-corrected chi connectivity index (χ0v) is 15.3. The average Bonchev–Trinajstić information content (AvgIpc) is 2.70. The van der Waals surface area contributed by atoms with Gasteiger partial charge in [-0.3, -0.25) is 10.3 Å². The van der Waals surface area contributed by atoms with E-state index in [1.54, 1.807) is 0 Å². The standard InChI is InChI=1S/C24H24N2/c1-17-13-15-21(25-23(17)19-9-5-3-6-10-19)22-16-14-18(2)24(26-22)20-11-7-4-8-12-20/h3-15,22,24,26H,16H2,1-2H3/t22-,24-/m1/s1. The minimum absolute atomic E-state index is 0.229. The van der Waals surface area contributed by atoms with Gasteiger partial charge in [0, 0.05) is 5.56 Å². The predicted octanol–water partition coefficient (Wildman–Crippen LogP) is 5.78. The monoisotopic (exact) mass is 340 g/mol. The lowest BCUT2D eigenvalue weighted by Crippen LogP contribution is -2.31. The third-order valence-electron chi connectivity index (χ3n) is 5.15. The van der Waals surface area contributed by atoms with Gasteiger partial charge in [0.05, 0.1) is 23.5 Å². The van der Waals surface area contributed by atoms with Gasteiger partial charge in [0.25, 0.3) is 0 Å². The molecule has 2 atom stereocenters. The van der Waals surface area contributed by atoms with Crippen LogP contribution >= 0.6 is 0 Å². The van der Waals surface area contributed by atoms with Gasteiger partial charge in [-0.1, -0.05) is 78.4 Å². The topological polar surface area (TPSA) is 24.9 Å². The first-order chi connectivity index (χ1) is 12.7. The van der Waals surface area contributed by atoms with Crippen LogP contribution in [0.25, 0.3) is 11.3 Å². The van der Waals surface area contributed by atoms with Gasteiger partial charge in [-0.05, 0) is 37.5 Å². The minimum atomic E-state index is 0.229. The molecule has 1 aromatic heterocycles. The summed E-state index contributed by atoms with van der Waals surface area (Å²) in [6, 6.07) is 25.9. The Kier molecular flexibility index (Phi) is 4.68. The lowest BCUT2D eigenvalue weighted by atomic mass is 9.91. The molecule has 0 unspecified atom stereocenters. The Morgan fingerprint density at radius 2 is 1.54 bits per heavy atom. The summed E-state index contributed by atoms with van der Waals surface area (Å²) in [7, 11) is 0. The molecule has 1 aliphatic heterocycles. The molecule has 1 N–H and O–H groups in total. The van der Waals surface area contributed by atoms with E-state index in [-0.39, 0.29) is 12.1 Å². The van der Waals surface area contributed by atoms with Gasteiger partial charge >= 0.3 is 0 Å². The summed E-state index contributed by atoms with van der Waals surface area (Å²) in [6.45, 7) is 4.34. The van der Waals surface area contributed by atoms with Crippen molar-refractivity contribution in [2.24, 2.45) is 0 Å². The molecule has 4 rings (SSSR count). The SMILES string of the molecule is CC1=CC[C@H](c2ccc(C)c(-c3ccccc3)n2)N[C@H]1c1ccccc1. The van der Waals surface area contributed by atoms with Crippen LogP contribution < -0.4 is 5.32 Å². The molecular formula is C24H24N2. The molecule has 0 aliphatic carbocycles. The Hall–Kier alpha value is -2.71. The van der Waals surface area contributed by atoms with Gasteiger partial charge in [0.15, 0.2) is 0 Å². The zero-order chi connectivity index (χ0) is 17.9. The van der Waals surface area contributed by atoms with E-state index in [2.05, 4.69) is 92.0 Å². The highest BCUT2D eigenvalue weighted by atomic mass is 15.0. The molecule has 1 aliphatic rings. The summed E-state index contributed by atoms with van der Waals surface area (Å²) in [4.78, 5) is 5.03. The minimum Gasteiger partial charge on any atom is -0.298 e. The molecule has 0 radical (unpaired) electrons. The molecule has 2 aromatic carbocycles. The quantitative estimate of drug-likeness (QED) is 0.611. The average molecular weight is 340 g/mol. The molecular weight excluding hydrogens is 316 g/mol. The summed E-state index contributed by atoms with van der Waals surface area (Å²) in [6.07, 6.45) is 3.32. The molecule has 2 nitrogen and oxygen atoms in total. The van der Waals surface area contributed by atoms with Crippen molar-refractivity contribution in [3.63, 3.8) is 0 Å². The van der Waals surface area contributed by atoms with Gasteiger partial charge in [-0.25, -0.2) is 0 Å². The largest absolute Gasteiger partial charge is 0.298 e. The molecule has 0 fully saturated rings. The Morgan fingerprint density at radius 3 is 2.27 bits per heavy atom. The van der Waals surface area contributed by atoms with Crippen LogP contribution in [-0.4, -0.2) is 4.98 Å². The zero-order valence-electron chi connectivity index (χ0n) is 15.3. The van der Waals surface area contributed by atoms with Crippen LogP contribution in [0.1, 0.15) is 42.2 Å². The van der Waals surface area contributed by atoms with Crippen molar-refractivity contribution >= 4 is 0 Å². The van der Waals surface area contributed by atoms with Crippen molar-refractivity contribution in [1.82, 2.24) is 10.3 Å². The van der Waals surface area contributed by atoms with Gasteiger partial charge in [0.1, 0.15) is 0 Å². The number of benzene rings is 2. The first-order valence-corrected chi connectivity index (χ1v) is 9.23. The fourth-order valence-electron chi connectivity index (χ4n) is 3.66. The third kappa shape index (κ3) is 3.33. The molecule has 3 aromatic rings. The van der Waals surface area contributed by atoms with E-state index < -0.39 is 0 Å². The number of aromatic nitrogens is 1. The normalized spacial score (nSPS) is 19.8. The smallest absolute Gasteiger partial charge is 0.0735 e. The van der Waals surface area contributed by atoms with Crippen molar-refractivity contribution in [2.45, 2.75) is 32.4 Å². The van der Waals surface area contributed by atoms with E-state index in [0.717, 1.165) is 17.8 Å². The highest BCUT2D eigenvalue weighted by molar-refractivity contribution is 5.62. The van der Waals surface area contributed by atoms with Crippen molar-refractivity contribution < 1.29 is 0 Å². The summed E-state index contributed by atoms with van der Waals surface area (Å²) >= 11 is 0. The number of rotatable bonds is 3. The summed E-state index contributed by atoms with van der Waals surface area (Å²) in [5.41, 5.74) is 7.26. The van der Waals surface area contributed by atoms with Gasteiger partial charge < -0.3 is 0 Å². The number of hydrogen-bond donors (Lipinski definition) is 1. The molecule has 0 saturated heterocycles. The maximum absolute atomic E-state index is 5.03. The molecule has 0 saturated carbocycles. The van der Waals surface area contributed by atoms with Crippen molar-refractivity contribution in [1.29, 1.82) is 0 Å². The van der Waals surface area contributed by atoms with Crippen LogP contribution in [0.15, 0.2) is 84.4 Å². The number of pyridine rings is 1. The molecule has 26 heavy (non-hydrogen) atoms. The van der Waals surface area contributed by atoms with E-state index in [1.165, 1.54) is 22.3 Å². The van der Waals surface area contributed by atoms with E-state index in [0.29, 0.717) is 0 Å². The Balaban J connectivity index is 1.66. The lowest BCUT2D eigenvalue weighted by molar-refractivity contribution is 0.450. The maximum atomic E-state index is 5.03. The van der Waals surface area contributed by atoms with E-state index in [1.807, 2.05) is 6.07 Å². The molecule has 130 valence electrons. The Labute approximate surface area is 155 Å². The summed E-state index contributed by atoms with van der Waals surface area (Å²) < 4.78 is 0. The second kappa shape index (κ2) is 7.27. The summed E-state index contributed by atoms with van der Waals surface area (Å²) in [5, 5.41) is 3.80. The fourth-order valence-corrected chi connectivity index (χ4v) is 3.66. The first-order valence-electron chi connectivity index (χ1n) is 9.23. The summed E-state index contributed by atoms with van der Waals surface area (Å²) in [5.74, 6) is 0. The van der Waals surface area contributed by atoms with Gasteiger partial charge in [-0.15, -0.1) is 0 Å². The van der Waals surface area contributed by atoms with Crippen LogP contribution in [0.3, 0.4) is 0 Å². The maximum Gasteiger partial charge on any atom is 0.0735 e. The Morgan fingerprint density at radius 1 is 0.846 bits per heavy atom. The van der Waals surface area contributed by atoms with Crippen LogP contribution in [0.4, 0.5) is 0 Å². The van der Waals surface area contributed by atoms with E-state index >= 15 is 0 Å². The number of nitrogens with one attached hydrogen (secondary N) is 1. The highest BCUT2D eigenvalue weighted by Gasteiger charge is 2.24. The molecule has 2 heteroatoms. The van der Waals surface area contributed by atoms with Crippen LogP contribution in [0.5, 0.6) is 0 Å². The molecule has 0 amide bonds. The third-order valence-corrected chi connectivity index (χ3v) is 5.15. The Bertz CT molecular complexity index is 913. The highest BCUT2D eigenvalue weighted by Crippen LogP contribution is 2.33. The van der Waals surface area contributed by atoms with E-state index in [9.17, 15) is 0 Å². The van der Waals surface area contributed by atoms with Crippen LogP contribution in [0.2, 0.25) is 0 Å². The van der Waals surface area contributed by atoms with Crippen LogP contribution in [0, 0.1) is 6.92 Å². The van der Waals surface area contributed by atoms with Crippen molar-refractivity contribution in [3.8, 4) is 11.3 Å².